The number of nitrogens with two attached hydrogens (primary N) is 1. The number of benzene rings is 1. The summed E-state index contributed by atoms with van der Waals surface area (Å²) < 4.78 is 5.54. The lowest BCUT2D eigenvalue weighted by molar-refractivity contribution is 0.00917. The molecule has 0 aromatic heterocycles. The lowest BCUT2D eigenvalue weighted by Crippen LogP contribution is -2.34. The first kappa shape index (κ1) is 12.2. The monoisotopic (exact) mass is 207 g/mol. The van der Waals surface area contributed by atoms with Gasteiger partial charge in [-0.25, -0.2) is 0 Å². The third-order valence-electron chi connectivity index (χ3n) is 2.99. The second kappa shape index (κ2) is 4.77. The summed E-state index contributed by atoms with van der Waals surface area (Å²) in [7, 11) is 1.71. The van der Waals surface area contributed by atoms with Crippen LogP contribution in [0.1, 0.15) is 37.8 Å². The predicted octanol–water partition coefficient (Wildman–Crippen LogP) is 2.63. The second-order valence-electron chi connectivity index (χ2n) is 4.38. The van der Waals surface area contributed by atoms with Crippen molar-refractivity contribution in [2.24, 2.45) is 5.73 Å². The van der Waals surface area contributed by atoms with Crippen molar-refractivity contribution in [2.75, 3.05) is 13.7 Å². The molecular formula is C13H21NO. The van der Waals surface area contributed by atoms with Gasteiger partial charge in [0, 0.05) is 13.7 Å². The van der Waals surface area contributed by atoms with E-state index in [1.54, 1.807) is 7.11 Å². The van der Waals surface area contributed by atoms with Crippen LogP contribution in [0.25, 0.3) is 0 Å². The average molecular weight is 207 g/mol. The summed E-state index contributed by atoms with van der Waals surface area (Å²) >= 11 is 0. The van der Waals surface area contributed by atoms with Gasteiger partial charge in [0.2, 0.25) is 0 Å². The van der Waals surface area contributed by atoms with Crippen LogP contribution in [-0.2, 0) is 10.3 Å². The van der Waals surface area contributed by atoms with Gasteiger partial charge in [0.25, 0.3) is 0 Å². The minimum Gasteiger partial charge on any atom is -0.372 e. The average Bonchev–Trinajstić information content (AvgIpc) is 2.28. The Balaban J connectivity index is 3.23. The van der Waals surface area contributed by atoms with Gasteiger partial charge >= 0.3 is 0 Å². The number of ether oxygens (including phenoxy) is 1. The lowest BCUT2D eigenvalue weighted by Gasteiger charge is -2.30. The maximum atomic E-state index is 5.79. The van der Waals surface area contributed by atoms with E-state index in [-0.39, 0.29) is 5.60 Å². The van der Waals surface area contributed by atoms with E-state index in [1.165, 1.54) is 11.1 Å². The third kappa shape index (κ3) is 2.39. The molecule has 0 bridgehead atoms. The van der Waals surface area contributed by atoms with Crippen molar-refractivity contribution < 1.29 is 4.74 Å². The smallest absolute Gasteiger partial charge is 0.102 e. The van der Waals surface area contributed by atoms with Gasteiger partial charge in [-0.2, -0.15) is 0 Å². The molecule has 2 nitrogen and oxygen atoms in total. The molecule has 84 valence electrons. The van der Waals surface area contributed by atoms with E-state index in [0.717, 1.165) is 0 Å². The first-order chi connectivity index (χ1) is 7.05. The van der Waals surface area contributed by atoms with E-state index in [9.17, 15) is 0 Å². The van der Waals surface area contributed by atoms with Crippen molar-refractivity contribution >= 4 is 0 Å². The minimum atomic E-state index is -0.374. The molecule has 0 aliphatic carbocycles. The molecular weight excluding hydrogens is 186 g/mol. The maximum Gasteiger partial charge on any atom is 0.102 e. The van der Waals surface area contributed by atoms with Crippen LogP contribution < -0.4 is 5.73 Å². The Labute approximate surface area is 92.4 Å². The topological polar surface area (TPSA) is 35.2 Å². The molecule has 0 aliphatic rings. The summed E-state index contributed by atoms with van der Waals surface area (Å²) in [5.74, 6) is 0.488. The summed E-state index contributed by atoms with van der Waals surface area (Å²) in [6.07, 6.45) is 0. The standard InChI is InChI=1S/C13H21NO/c1-10(2)11-7-5-6-8-12(11)13(3,9-14)15-4/h5-8,10H,9,14H2,1-4H3. The van der Waals surface area contributed by atoms with E-state index in [4.69, 9.17) is 10.5 Å². The van der Waals surface area contributed by atoms with Crippen LogP contribution in [0.4, 0.5) is 0 Å². The van der Waals surface area contributed by atoms with Gasteiger partial charge < -0.3 is 10.5 Å². The van der Waals surface area contributed by atoms with E-state index < -0.39 is 0 Å². The molecule has 2 N–H and O–H groups in total. The zero-order valence-electron chi connectivity index (χ0n) is 10.1. The van der Waals surface area contributed by atoms with Crippen LogP contribution in [0.3, 0.4) is 0 Å². The van der Waals surface area contributed by atoms with Crippen LogP contribution in [0, 0.1) is 0 Å². The molecule has 0 radical (unpaired) electrons. The van der Waals surface area contributed by atoms with Gasteiger partial charge in [0.15, 0.2) is 0 Å². The van der Waals surface area contributed by atoms with Crippen molar-refractivity contribution in [2.45, 2.75) is 32.3 Å². The molecule has 2 heteroatoms. The fraction of sp³-hybridized carbons (Fsp3) is 0.538. The molecule has 0 amide bonds. The molecule has 0 saturated heterocycles. The van der Waals surface area contributed by atoms with Gasteiger partial charge in [-0.1, -0.05) is 38.1 Å². The Bertz CT molecular complexity index is 316. The van der Waals surface area contributed by atoms with Crippen molar-refractivity contribution in [3.63, 3.8) is 0 Å². The number of methoxy groups -OCH3 is 1. The zero-order chi connectivity index (χ0) is 11.5. The van der Waals surface area contributed by atoms with Crippen molar-refractivity contribution in [3.8, 4) is 0 Å². The van der Waals surface area contributed by atoms with Crippen LogP contribution >= 0.6 is 0 Å². The minimum absolute atomic E-state index is 0.374. The van der Waals surface area contributed by atoms with Crippen molar-refractivity contribution in [1.82, 2.24) is 0 Å². The molecule has 1 aromatic rings. The molecule has 1 rings (SSSR count). The second-order valence-corrected chi connectivity index (χ2v) is 4.38. The van der Waals surface area contributed by atoms with Gasteiger partial charge in [0.1, 0.15) is 5.60 Å². The quantitative estimate of drug-likeness (QED) is 0.823. The molecule has 0 saturated carbocycles. The Morgan fingerprint density at radius 3 is 2.40 bits per heavy atom. The summed E-state index contributed by atoms with van der Waals surface area (Å²) in [5, 5.41) is 0. The van der Waals surface area contributed by atoms with Crippen LogP contribution in [-0.4, -0.2) is 13.7 Å². The number of hydrogen-bond donors (Lipinski definition) is 1. The van der Waals surface area contributed by atoms with Gasteiger partial charge in [0.05, 0.1) is 0 Å². The van der Waals surface area contributed by atoms with Gasteiger partial charge in [-0.3, -0.25) is 0 Å². The molecule has 0 heterocycles. The molecule has 1 aromatic carbocycles. The largest absolute Gasteiger partial charge is 0.372 e. The van der Waals surface area contributed by atoms with Crippen molar-refractivity contribution in [1.29, 1.82) is 0 Å². The molecule has 0 aliphatic heterocycles. The predicted molar refractivity (Wildman–Crippen MR) is 63.9 cm³/mol. The Morgan fingerprint density at radius 1 is 1.33 bits per heavy atom. The Kier molecular flexibility index (Phi) is 3.89. The van der Waals surface area contributed by atoms with Gasteiger partial charge in [-0.15, -0.1) is 0 Å². The summed E-state index contributed by atoms with van der Waals surface area (Å²) in [6, 6.07) is 8.35. The summed E-state index contributed by atoms with van der Waals surface area (Å²) in [4.78, 5) is 0. The third-order valence-corrected chi connectivity index (χ3v) is 2.99. The highest BCUT2D eigenvalue weighted by atomic mass is 16.5. The fourth-order valence-corrected chi connectivity index (χ4v) is 1.79. The molecule has 1 unspecified atom stereocenters. The van der Waals surface area contributed by atoms with Gasteiger partial charge in [-0.05, 0) is 24.0 Å². The highest BCUT2D eigenvalue weighted by Gasteiger charge is 2.27. The Morgan fingerprint density at radius 2 is 1.93 bits per heavy atom. The van der Waals surface area contributed by atoms with E-state index in [0.29, 0.717) is 12.5 Å². The first-order valence-corrected chi connectivity index (χ1v) is 5.39. The van der Waals surface area contributed by atoms with Crippen LogP contribution in [0.15, 0.2) is 24.3 Å². The molecule has 0 spiro atoms. The molecule has 1 atom stereocenters. The van der Waals surface area contributed by atoms with Crippen LogP contribution in [0.5, 0.6) is 0 Å². The fourth-order valence-electron chi connectivity index (χ4n) is 1.79. The highest BCUT2D eigenvalue weighted by Crippen LogP contribution is 2.30. The number of rotatable bonds is 4. The van der Waals surface area contributed by atoms with E-state index in [2.05, 4.69) is 32.0 Å². The lowest BCUT2D eigenvalue weighted by atomic mass is 9.86. The number of hydrogen-bond acceptors (Lipinski definition) is 2. The van der Waals surface area contributed by atoms with E-state index in [1.807, 2.05) is 13.0 Å². The maximum absolute atomic E-state index is 5.79. The highest BCUT2D eigenvalue weighted by molar-refractivity contribution is 5.34. The Hall–Kier alpha value is -0.860. The van der Waals surface area contributed by atoms with Crippen molar-refractivity contribution in [3.05, 3.63) is 35.4 Å². The summed E-state index contributed by atoms with van der Waals surface area (Å²) in [6.45, 7) is 6.90. The normalized spacial score (nSPS) is 15.3. The van der Waals surface area contributed by atoms with E-state index >= 15 is 0 Å². The molecule has 15 heavy (non-hydrogen) atoms. The van der Waals surface area contributed by atoms with Crippen LogP contribution in [0.2, 0.25) is 0 Å². The SMILES string of the molecule is COC(C)(CN)c1ccccc1C(C)C. The molecule has 0 fully saturated rings. The summed E-state index contributed by atoms with van der Waals surface area (Å²) in [5.41, 5.74) is 7.93. The first-order valence-electron chi connectivity index (χ1n) is 5.39. The zero-order valence-corrected chi connectivity index (χ0v) is 10.1.